The van der Waals surface area contributed by atoms with Gasteiger partial charge >= 0.3 is 0 Å². The van der Waals surface area contributed by atoms with Crippen LogP contribution in [0.5, 0.6) is 0 Å². The summed E-state index contributed by atoms with van der Waals surface area (Å²) in [7, 11) is 1.83. The molecule has 152 valence electrons. The van der Waals surface area contributed by atoms with Gasteiger partial charge in [-0.15, -0.1) is 24.0 Å². The number of guanidine groups is 1. The Morgan fingerprint density at radius 2 is 2.19 bits per heavy atom. The van der Waals surface area contributed by atoms with Gasteiger partial charge in [-0.1, -0.05) is 26.0 Å². The second kappa shape index (κ2) is 12.5. The summed E-state index contributed by atoms with van der Waals surface area (Å²) in [5.41, 5.74) is 1.79. The zero-order valence-corrected chi connectivity index (χ0v) is 20.0. The van der Waals surface area contributed by atoms with Crippen LogP contribution in [0.2, 0.25) is 0 Å². The number of benzene rings is 1. The van der Waals surface area contributed by atoms with Gasteiger partial charge in [-0.05, 0) is 37.5 Å². The van der Waals surface area contributed by atoms with Gasteiger partial charge in [0, 0.05) is 49.3 Å². The predicted molar refractivity (Wildman–Crippen MR) is 127 cm³/mol. The topological polar surface area (TPSA) is 56.7 Å². The van der Waals surface area contributed by atoms with Gasteiger partial charge in [-0.25, -0.2) is 0 Å². The van der Waals surface area contributed by atoms with Gasteiger partial charge in [-0.3, -0.25) is 9.79 Å². The molecule has 0 spiro atoms. The van der Waals surface area contributed by atoms with Gasteiger partial charge in [0.1, 0.15) is 0 Å². The minimum absolute atomic E-state index is 0. The average molecular weight is 504 g/mol. The first-order valence-corrected chi connectivity index (χ1v) is 10.6. The smallest absolute Gasteiger partial charge is 0.251 e. The van der Waals surface area contributed by atoms with Crippen molar-refractivity contribution in [3.8, 4) is 0 Å². The number of carbonyl (C=O) groups excluding carboxylic acids is 1. The summed E-state index contributed by atoms with van der Waals surface area (Å²) in [6.07, 6.45) is 2.11. The van der Waals surface area contributed by atoms with E-state index in [0.29, 0.717) is 17.4 Å². The summed E-state index contributed by atoms with van der Waals surface area (Å²) in [6, 6.07) is 7.99. The molecule has 1 aromatic rings. The molecule has 1 aliphatic heterocycles. The molecule has 0 aliphatic carbocycles. The van der Waals surface area contributed by atoms with Crippen molar-refractivity contribution in [2.24, 2.45) is 4.99 Å². The number of carbonyl (C=O) groups is 1. The lowest BCUT2D eigenvalue weighted by atomic mass is 10.1. The zero-order chi connectivity index (χ0) is 18.9. The van der Waals surface area contributed by atoms with E-state index in [9.17, 15) is 4.79 Å². The molecule has 2 atom stereocenters. The maximum absolute atomic E-state index is 12.3. The van der Waals surface area contributed by atoms with Crippen LogP contribution in [0.1, 0.15) is 49.5 Å². The van der Waals surface area contributed by atoms with E-state index in [1.165, 1.54) is 6.42 Å². The number of nitrogens with one attached hydrogen (secondary N) is 2. The van der Waals surface area contributed by atoms with Crippen LogP contribution in [-0.4, -0.2) is 53.9 Å². The molecule has 0 saturated carbocycles. The van der Waals surface area contributed by atoms with Gasteiger partial charge in [-0.2, -0.15) is 11.8 Å². The molecule has 2 N–H and O–H groups in total. The van der Waals surface area contributed by atoms with Gasteiger partial charge in [0.2, 0.25) is 0 Å². The van der Waals surface area contributed by atoms with Crippen molar-refractivity contribution in [1.29, 1.82) is 0 Å². The molecule has 1 heterocycles. The highest BCUT2D eigenvalue weighted by Gasteiger charge is 2.21. The number of halogens is 1. The number of aliphatic imine (C=N–C) groups is 1. The van der Waals surface area contributed by atoms with Crippen molar-refractivity contribution in [2.75, 3.05) is 25.9 Å². The fourth-order valence-corrected chi connectivity index (χ4v) is 4.08. The molecular weight excluding hydrogens is 471 g/mol. The van der Waals surface area contributed by atoms with Crippen molar-refractivity contribution in [3.05, 3.63) is 35.4 Å². The molecule has 0 radical (unpaired) electrons. The number of thioether (sulfide) groups is 1. The Hall–Kier alpha value is -0.960. The number of hydrogen-bond acceptors (Lipinski definition) is 3. The van der Waals surface area contributed by atoms with Gasteiger partial charge in [0.05, 0.1) is 0 Å². The van der Waals surface area contributed by atoms with Crippen LogP contribution in [-0.2, 0) is 6.54 Å². The first-order chi connectivity index (χ1) is 12.6. The molecule has 2 unspecified atom stereocenters. The Morgan fingerprint density at radius 3 is 2.85 bits per heavy atom. The van der Waals surface area contributed by atoms with E-state index in [1.807, 2.05) is 38.2 Å². The Labute approximate surface area is 185 Å². The first kappa shape index (κ1) is 24.1. The predicted octanol–water partition coefficient (Wildman–Crippen LogP) is 3.74. The minimum atomic E-state index is -0.00979. The summed E-state index contributed by atoms with van der Waals surface area (Å²) < 4.78 is 0. The first-order valence-electron chi connectivity index (χ1n) is 9.54. The number of rotatable bonds is 6. The van der Waals surface area contributed by atoms with Crippen molar-refractivity contribution < 1.29 is 4.79 Å². The van der Waals surface area contributed by atoms with Crippen molar-refractivity contribution in [3.63, 3.8) is 0 Å². The van der Waals surface area contributed by atoms with Gasteiger partial charge < -0.3 is 15.5 Å². The van der Waals surface area contributed by atoms with Crippen LogP contribution in [0.3, 0.4) is 0 Å². The highest BCUT2D eigenvalue weighted by atomic mass is 127. The van der Waals surface area contributed by atoms with Crippen LogP contribution < -0.4 is 10.6 Å². The summed E-state index contributed by atoms with van der Waals surface area (Å²) in [5.74, 6) is 2.08. The third kappa shape index (κ3) is 7.52. The molecule has 1 aliphatic rings. The molecule has 0 bridgehead atoms. The van der Waals surface area contributed by atoms with Crippen LogP contribution >= 0.6 is 35.7 Å². The molecule has 1 aromatic carbocycles. The number of nitrogens with zero attached hydrogens (tertiary/aromatic N) is 2. The molecule has 2 rings (SSSR count). The number of hydrogen-bond donors (Lipinski definition) is 2. The van der Waals surface area contributed by atoms with Crippen molar-refractivity contribution in [2.45, 2.75) is 51.4 Å². The van der Waals surface area contributed by atoms with E-state index in [1.54, 1.807) is 0 Å². The highest BCUT2D eigenvalue weighted by Crippen LogP contribution is 2.21. The fraction of sp³-hybridized carbons (Fsp3) is 0.600. The lowest BCUT2D eigenvalue weighted by molar-refractivity contribution is 0.0939. The Bertz CT molecular complexity index is 626. The quantitative estimate of drug-likeness (QED) is 0.352. The van der Waals surface area contributed by atoms with Crippen LogP contribution in [0.25, 0.3) is 0 Å². The lowest BCUT2D eigenvalue weighted by Crippen LogP contribution is -2.47. The monoisotopic (exact) mass is 504 g/mol. The second-order valence-corrected chi connectivity index (χ2v) is 8.14. The maximum atomic E-state index is 12.3. The largest absolute Gasteiger partial charge is 0.352 e. The normalized spacial score (nSPS) is 18.4. The standard InChI is InChI=1S/C20H32N4OS.HI/c1-5-15(3)23-19(25)17-9-7-8-16(12-17)13-22-20(21-4)24-10-11-26-18(6-2)14-24;/h7-9,12,15,18H,5-6,10-11,13-14H2,1-4H3,(H,21,22)(H,23,25);1H. The fourth-order valence-electron chi connectivity index (χ4n) is 2.90. The van der Waals surface area contributed by atoms with Crippen LogP contribution in [0.4, 0.5) is 0 Å². The lowest BCUT2D eigenvalue weighted by Gasteiger charge is -2.34. The van der Waals surface area contributed by atoms with Gasteiger partial charge in [0.25, 0.3) is 5.91 Å². The van der Waals surface area contributed by atoms with Gasteiger partial charge in [0.15, 0.2) is 5.96 Å². The Morgan fingerprint density at radius 1 is 1.41 bits per heavy atom. The molecule has 0 aromatic heterocycles. The van der Waals surface area contributed by atoms with E-state index in [4.69, 9.17) is 0 Å². The van der Waals surface area contributed by atoms with Crippen LogP contribution in [0.15, 0.2) is 29.3 Å². The van der Waals surface area contributed by atoms with E-state index in [2.05, 4.69) is 46.1 Å². The molecule has 27 heavy (non-hydrogen) atoms. The van der Waals surface area contributed by atoms with E-state index in [-0.39, 0.29) is 35.9 Å². The molecule has 1 amide bonds. The molecule has 5 nitrogen and oxygen atoms in total. The third-order valence-corrected chi connectivity index (χ3v) is 6.11. The van der Waals surface area contributed by atoms with Crippen LogP contribution in [0, 0.1) is 0 Å². The molecular formula is C20H33IN4OS. The van der Waals surface area contributed by atoms with E-state index in [0.717, 1.165) is 36.8 Å². The second-order valence-electron chi connectivity index (χ2n) is 6.73. The third-order valence-electron chi connectivity index (χ3n) is 4.74. The van der Waals surface area contributed by atoms with Crippen molar-refractivity contribution >= 4 is 47.6 Å². The Kier molecular flexibility index (Phi) is 11.1. The zero-order valence-electron chi connectivity index (χ0n) is 16.8. The summed E-state index contributed by atoms with van der Waals surface area (Å²) in [6.45, 7) is 9.06. The molecule has 1 fully saturated rings. The SMILES string of the molecule is CCC(C)NC(=O)c1cccc(CNC(=NC)N2CCSC(CC)C2)c1.I. The average Bonchev–Trinajstić information content (AvgIpc) is 2.68. The summed E-state index contributed by atoms with van der Waals surface area (Å²) in [4.78, 5) is 19.1. The van der Waals surface area contributed by atoms with E-state index < -0.39 is 0 Å². The minimum Gasteiger partial charge on any atom is -0.352 e. The summed E-state index contributed by atoms with van der Waals surface area (Å²) >= 11 is 2.05. The summed E-state index contributed by atoms with van der Waals surface area (Å²) in [5, 5.41) is 7.15. The Balaban J connectivity index is 0.00000364. The van der Waals surface area contributed by atoms with Crippen molar-refractivity contribution in [1.82, 2.24) is 15.5 Å². The highest BCUT2D eigenvalue weighted by molar-refractivity contribution is 14.0. The molecule has 1 saturated heterocycles. The van der Waals surface area contributed by atoms with E-state index >= 15 is 0 Å². The maximum Gasteiger partial charge on any atom is 0.251 e. The molecule has 7 heteroatoms. The number of amides is 1.